The number of carbonyl (C=O) groups excluding carboxylic acids is 1. The summed E-state index contributed by atoms with van der Waals surface area (Å²) >= 11 is 1.34. The molecule has 1 saturated carbocycles. The van der Waals surface area contributed by atoms with Gasteiger partial charge < -0.3 is 9.42 Å². The molecule has 2 aliphatic rings. The number of carbonyl (C=O) groups is 1. The molecule has 3 heterocycles. The Bertz CT molecular complexity index is 1010. The minimum absolute atomic E-state index is 0.0393. The summed E-state index contributed by atoms with van der Waals surface area (Å²) in [5, 5.41) is 16.4. The quantitative estimate of drug-likeness (QED) is 0.577. The number of sulfonamides is 1. The third kappa shape index (κ3) is 4.62. The zero-order valence-electron chi connectivity index (χ0n) is 17.7. The molecule has 0 atom stereocenters. The van der Waals surface area contributed by atoms with Crippen molar-refractivity contribution in [3.05, 3.63) is 11.5 Å². The fraction of sp³-hybridized carbons (Fsp3) is 0.722. The van der Waals surface area contributed by atoms with Crippen molar-refractivity contribution in [3.63, 3.8) is 0 Å². The highest BCUT2D eigenvalue weighted by Crippen LogP contribution is 2.31. The van der Waals surface area contributed by atoms with Gasteiger partial charge in [-0.05, 0) is 43.5 Å². The fourth-order valence-corrected chi connectivity index (χ4v) is 6.84. The first kappa shape index (κ1) is 22.2. The van der Waals surface area contributed by atoms with E-state index in [9.17, 15) is 13.2 Å². The lowest BCUT2D eigenvalue weighted by Crippen LogP contribution is -2.38. The van der Waals surface area contributed by atoms with Gasteiger partial charge in [0.05, 0.1) is 11.8 Å². The van der Waals surface area contributed by atoms with Gasteiger partial charge in [-0.25, -0.2) is 13.1 Å². The normalized spacial score (nSPS) is 19.1. The highest BCUT2D eigenvalue weighted by atomic mass is 32.2. The van der Waals surface area contributed by atoms with Gasteiger partial charge in [0.1, 0.15) is 10.6 Å². The third-order valence-electron chi connectivity index (χ3n) is 5.83. The first-order valence-electron chi connectivity index (χ1n) is 10.5. The molecule has 0 radical (unpaired) electrons. The Labute approximate surface area is 185 Å². The van der Waals surface area contributed by atoms with Crippen LogP contribution in [0.2, 0.25) is 0 Å². The van der Waals surface area contributed by atoms with Gasteiger partial charge in [-0.1, -0.05) is 29.8 Å². The van der Waals surface area contributed by atoms with E-state index in [-0.39, 0.29) is 28.9 Å². The van der Waals surface area contributed by atoms with Gasteiger partial charge in [-0.3, -0.25) is 4.79 Å². The number of aryl methyl sites for hydroxylation is 2. The molecule has 1 aliphatic heterocycles. The van der Waals surface area contributed by atoms with E-state index in [1.165, 1.54) is 28.9 Å². The zero-order chi connectivity index (χ0) is 22.0. The zero-order valence-corrected chi connectivity index (χ0v) is 19.4. The molecule has 0 unspecified atom stereocenters. The molecule has 0 bridgehead atoms. The standard InChI is InChI=1S/C18H27N7O4S2/c1-13-17(14(2)29-20-13)31(27,28)24-9-5-8-23(10-11-24)16(26)12-30-18-19-21-22-25(18)15-6-3-4-7-15/h15H,3-12H2,1-2H3. The van der Waals surface area contributed by atoms with Crippen LogP contribution >= 0.6 is 11.8 Å². The van der Waals surface area contributed by atoms with Gasteiger partial charge in [-0.2, -0.15) is 4.31 Å². The maximum atomic E-state index is 13.1. The molecule has 31 heavy (non-hydrogen) atoms. The third-order valence-corrected chi connectivity index (χ3v) is 8.89. The molecular weight excluding hydrogens is 442 g/mol. The van der Waals surface area contributed by atoms with Crippen LogP contribution < -0.4 is 0 Å². The van der Waals surface area contributed by atoms with Crippen molar-refractivity contribution >= 4 is 27.7 Å². The Kier molecular flexibility index (Phi) is 6.63. The Hall–Kier alpha value is -1.99. The molecule has 11 nitrogen and oxygen atoms in total. The molecule has 0 aromatic carbocycles. The lowest BCUT2D eigenvalue weighted by molar-refractivity contribution is -0.128. The summed E-state index contributed by atoms with van der Waals surface area (Å²) in [4.78, 5) is 14.7. The van der Waals surface area contributed by atoms with Crippen molar-refractivity contribution in [1.29, 1.82) is 0 Å². The van der Waals surface area contributed by atoms with E-state index in [1.807, 2.05) is 4.68 Å². The summed E-state index contributed by atoms with van der Waals surface area (Å²) in [7, 11) is -3.71. The number of amides is 1. The predicted octanol–water partition coefficient (Wildman–Crippen LogP) is 1.41. The van der Waals surface area contributed by atoms with Crippen molar-refractivity contribution in [1.82, 2.24) is 34.6 Å². The summed E-state index contributed by atoms with van der Waals surface area (Å²) in [5.41, 5.74) is 0.353. The van der Waals surface area contributed by atoms with Crippen LogP contribution in [0.4, 0.5) is 0 Å². The molecule has 0 spiro atoms. The lowest BCUT2D eigenvalue weighted by Gasteiger charge is -2.21. The predicted molar refractivity (Wildman–Crippen MR) is 112 cm³/mol. The van der Waals surface area contributed by atoms with Crippen molar-refractivity contribution in [3.8, 4) is 0 Å². The van der Waals surface area contributed by atoms with Crippen molar-refractivity contribution in [2.24, 2.45) is 0 Å². The van der Waals surface area contributed by atoms with E-state index in [2.05, 4.69) is 20.7 Å². The summed E-state index contributed by atoms with van der Waals surface area (Å²) in [6, 6.07) is 0.314. The number of aromatic nitrogens is 5. The van der Waals surface area contributed by atoms with Crippen LogP contribution in [0.3, 0.4) is 0 Å². The Morgan fingerprint density at radius 2 is 1.90 bits per heavy atom. The van der Waals surface area contributed by atoms with Gasteiger partial charge in [0.2, 0.25) is 21.1 Å². The van der Waals surface area contributed by atoms with Gasteiger partial charge >= 0.3 is 0 Å². The number of nitrogens with zero attached hydrogens (tertiary/aromatic N) is 7. The average molecular weight is 470 g/mol. The largest absolute Gasteiger partial charge is 0.360 e. The minimum atomic E-state index is -3.71. The second-order valence-corrected chi connectivity index (χ2v) is 10.7. The molecule has 1 saturated heterocycles. The highest BCUT2D eigenvalue weighted by Gasteiger charge is 2.33. The molecule has 2 fully saturated rings. The number of hydrogen-bond donors (Lipinski definition) is 0. The van der Waals surface area contributed by atoms with E-state index in [0.717, 1.165) is 12.8 Å². The maximum absolute atomic E-state index is 13.1. The van der Waals surface area contributed by atoms with Crippen LogP contribution in [0.5, 0.6) is 0 Å². The average Bonchev–Trinajstić information content (AvgIpc) is 3.44. The van der Waals surface area contributed by atoms with Crippen LogP contribution in [-0.4, -0.2) is 80.8 Å². The van der Waals surface area contributed by atoms with E-state index in [4.69, 9.17) is 4.52 Å². The maximum Gasteiger partial charge on any atom is 0.248 e. The lowest BCUT2D eigenvalue weighted by atomic mass is 10.3. The molecule has 170 valence electrons. The Balaban J connectivity index is 1.36. The fourth-order valence-electron chi connectivity index (χ4n) is 4.23. The van der Waals surface area contributed by atoms with Crippen LogP contribution in [0, 0.1) is 13.8 Å². The number of thioether (sulfide) groups is 1. The summed E-state index contributed by atoms with van der Waals surface area (Å²) in [5.74, 6) is 0.470. The van der Waals surface area contributed by atoms with Gasteiger partial charge in [-0.15, -0.1) is 5.10 Å². The van der Waals surface area contributed by atoms with Crippen LogP contribution in [0.25, 0.3) is 0 Å². The summed E-state index contributed by atoms with van der Waals surface area (Å²) in [6.45, 7) is 4.66. The van der Waals surface area contributed by atoms with Gasteiger partial charge in [0.15, 0.2) is 5.76 Å². The molecule has 1 aliphatic carbocycles. The van der Waals surface area contributed by atoms with Gasteiger partial charge in [0, 0.05) is 26.2 Å². The SMILES string of the molecule is Cc1noc(C)c1S(=O)(=O)N1CCCN(C(=O)CSc2nnnn2C2CCCC2)CC1. The van der Waals surface area contributed by atoms with Crippen molar-refractivity contribution in [2.75, 3.05) is 31.9 Å². The highest BCUT2D eigenvalue weighted by molar-refractivity contribution is 7.99. The summed E-state index contributed by atoms with van der Waals surface area (Å²) in [6.07, 6.45) is 5.05. The second kappa shape index (κ2) is 9.25. The van der Waals surface area contributed by atoms with E-state index >= 15 is 0 Å². The number of tetrazole rings is 1. The first-order chi connectivity index (χ1) is 14.9. The van der Waals surface area contributed by atoms with Crippen LogP contribution in [0.1, 0.15) is 49.6 Å². The molecule has 1 amide bonds. The smallest absolute Gasteiger partial charge is 0.248 e. The van der Waals surface area contributed by atoms with Crippen LogP contribution in [-0.2, 0) is 14.8 Å². The van der Waals surface area contributed by atoms with Crippen molar-refractivity contribution in [2.45, 2.75) is 62.0 Å². The minimum Gasteiger partial charge on any atom is -0.360 e. The Morgan fingerprint density at radius 3 is 2.61 bits per heavy atom. The van der Waals surface area contributed by atoms with Crippen LogP contribution in [0.15, 0.2) is 14.6 Å². The molecule has 2 aromatic heterocycles. The Morgan fingerprint density at radius 1 is 1.13 bits per heavy atom. The van der Waals surface area contributed by atoms with Crippen molar-refractivity contribution < 1.29 is 17.7 Å². The molecule has 13 heteroatoms. The molecule has 2 aromatic rings. The van der Waals surface area contributed by atoms with E-state index < -0.39 is 10.0 Å². The van der Waals surface area contributed by atoms with Gasteiger partial charge in [0.25, 0.3) is 0 Å². The van der Waals surface area contributed by atoms with E-state index in [1.54, 1.807) is 18.7 Å². The second-order valence-electron chi connectivity index (χ2n) is 7.92. The van der Waals surface area contributed by atoms with E-state index in [0.29, 0.717) is 42.9 Å². The summed E-state index contributed by atoms with van der Waals surface area (Å²) < 4.78 is 34.4. The number of hydrogen-bond acceptors (Lipinski definition) is 9. The molecule has 0 N–H and O–H groups in total. The monoisotopic (exact) mass is 469 g/mol. The topological polar surface area (TPSA) is 127 Å². The molecular formula is C18H27N7O4S2. The number of rotatable bonds is 6. The molecule has 4 rings (SSSR count). The first-order valence-corrected chi connectivity index (χ1v) is 12.9.